The fraction of sp³-hybridized carbons (Fsp3) is 0.625. The van der Waals surface area contributed by atoms with Gasteiger partial charge in [-0.05, 0) is 31.9 Å². The maximum Gasteiger partial charge on any atom is 0.129 e. The molecule has 20 heavy (non-hydrogen) atoms. The predicted molar refractivity (Wildman–Crippen MR) is 85.4 cm³/mol. The van der Waals surface area contributed by atoms with E-state index >= 15 is 0 Å². The van der Waals surface area contributed by atoms with Gasteiger partial charge >= 0.3 is 0 Å². The van der Waals surface area contributed by atoms with Crippen LogP contribution in [0.2, 0.25) is 0 Å². The molecule has 112 valence electrons. The molecule has 1 aromatic rings. The normalized spacial score (nSPS) is 25.6. The molecule has 1 aliphatic rings. The molecule has 0 radical (unpaired) electrons. The molecule has 2 rings (SSSR count). The molecular weight excluding hydrogens is 319 g/mol. The molecule has 4 heteroatoms. The van der Waals surface area contributed by atoms with Crippen molar-refractivity contribution in [1.82, 2.24) is 10.2 Å². The van der Waals surface area contributed by atoms with Crippen molar-refractivity contribution in [2.45, 2.75) is 51.7 Å². The first-order valence-corrected chi connectivity index (χ1v) is 8.30. The lowest BCUT2D eigenvalue weighted by Crippen LogP contribution is -2.56. The van der Waals surface area contributed by atoms with E-state index in [9.17, 15) is 4.39 Å². The lowest BCUT2D eigenvalue weighted by Gasteiger charge is -2.43. The molecule has 0 bridgehead atoms. The van der Waals surface area contributed by atoms with E-state index in [0.29, 0.717) is 12.1 Å². The van der Waals surface area contributed by atoms with Crippen LogP contribution in [-0.4, -0.2) is 30.1 Å². The average Bonchev–Trinajstić information content (AvgIpc) is 2.46. The van der Waals surface area contributed by atoms with Crippen LogP contribution in [0.25, 0.3) is 0 Å². The van der Waals surface area contributed by atoms with Crippen LogP contribution in [0.1, 0.15) is 45.2 Å². The van der Waals surface area contributed by atoms with Crippen molar-refractivity contribution < 1.29 is 4.39 Å². The summed E-state index contributed by atoms with van der Waals surface area (Å²) >= 11 is 3.32. The fourth-order valence-electron chi connectivity index (χ4n) is 3.03. The number of hydrogen-bond acceptors (Lipinski definition) is 2. The third kappa shape index (κ3) is 3.41. The van der Waals surface area contributed by atoms with E-state index in [2.05, 4.69) is 46.9 Å². The van der Waals surface area contributed by atoms with Gasteiger partial charge in [0, 0.05) is 41.3 Å². The monoisotopic (exact) mass is 342 g/mol. The molecule has 1 aliphatic heterocycles. The minimum absolute atomic E-state index is 0.115. The summed E-state index contributed by atoms with van der Waals surface area (Å²) in [6.07, 6.45) is 2.20. The van der Waals surface area contributed by atoms with Crippen molar-refractivity contribution in [3.8, 4) is 0 Å². The Balaban J connectivity index is 2.21. The third-order valence-corrected chi connectivity index (χ3v) is 4.91. The van der Waals surface area contributed by atoms with E-state index in [1.54, 1.807) is 6.07 Å². The zero-order valence-corrected chi connectivity index (χ0v) is 14.1. The van der Waals surface area contributed by atoms with E-state index in [1.807, 2.05) is 12.1 Å². The molecule has 3 atom stereocenters. The van der Waals surface area contributed by atoms with Crippen LogP contribution in [0.3, 0.4) is 0 Å². The number of rotatable bonds is 4. The topological polar surface area (TPSA) is 15.3 Å². The Kier molecular flexibility index (Phi) is 5.58. The van der Waals surface area contributed by atoms with E-state index in [0.717, 1.165) is 36.0 Å². The number of nitrogens with one attached hydrogen (secondary N) is 1. The van der Waals surface area contributed by atoms with E-state index < -0.39 is 0 Å². The van der Waals surface area contributed by atoms with Crippen LogP contribution >= 0.6 is 15.9 Å². The Labute approximate surface area is 129 Å². The van der Waals surface area contributed by atoms with Crippen molar-refractivity contribution in [1.29, 1.82) is 0 Å². The summed E-state index contributed by atoms with van der Waals surface area (Å²) in [5.41, 5.74) is 0.795. The third-order valence-electron chi connectivity index (χ3n) is 4.42. The number of hydrogen-bond donors (Lipinski definition) is 1. The van der Waals surface area contributed by atoms with Crippen molar-refractivity contribution in [3.05, 3.63) is 34.1 Å². The lowest BCUT2D eigenvalue weighted by molar-refractivity contribution is 0.0834. The Hall–Kier alpha value is -0.450. The van der Waals surface area contributed by atoms with Gasteiger partial charge in [-0.1, -0.05) is 35.8 Å². The minimum atomic E-state index is -0.117. The smallest absolute Gasteiger partial charge is 0.129 e. The second-order valence-electron chi connectivity index (χ2n) is 5.61. The Bertz CT molecular complexity index is 452. The highest BCUT2D eigenvalue weighted by Gasteiger charge is 2.30. The van der Waals surface area contributed by atoms with E-state index in [1.165, 1.54) is 0 Å². The molecule has 0 amide bonds. The molecule has 1 N–H and O–H groups in total. The SMILES string of the molecule is CCC1CN(C(C)c2ccc(Br)cc2F)C(CC)CN1. The highest BCUT2D eigenvalue weighted by Crippen LogP contribution is 2.29. The first kappa shape index (κ1) is 15.9. The molecule has 3 unspecified atom stereocenters. The fourth-order valence-corrected chi connectivity index (χ4v) is 3.37. The zero-order valence-electron chi connectivity index (χ0n) is 12.5. The van der Waals surface area contributed by atoms with E-state index in [-0.39, 0.29) is 11.9 Å². The van der Waals surface area contributed by atoms with Crippen LogP contribution < -0.4 is 5.32 Å². The molecule has 2 nitrogen and oxygen atoms in total. The average molecular weight is 343 g/mol. The zero-order chi connectivity index (χ0) is 14.7. The van der Waals surface area contributed by atoms with Gasteiger partial charge in [0.1, 0.15) is 5.82 Å². The summed E-state index contributed by atoms with van der Waals surface area (Å²) in [6.45, 7) is 8.51. The molecule has 0 spiro atoms. The highest BCUT2D eigenvalue weighted by atomic mass is 79.9. The van der Waals surface area contributed by atoms with Gasteiger partial charge in [0.05, 0.1) is 0 Å². The van der Waals surface area contributed by atoms with Gasteiger partial charge in [0.2, 0.25) is 0 Å². The molecular formula is C16H24BrFN2. The van der Waals surface area contributed by atoms with Crippen molar-refractivity contribution >= 4 is 15.9 Å². The number of benzene rings is 1. The van der Waals surface area contributed by atoms with Gasteiger partial charge in [-0.2, -0.15) is 0 Å². The first-order chi connectivity index (χ1) is 9.56. The van der Waals surface area contributed by atoms with Gasteiger partial charge in [-0.15, -0.1) is 0 Å². The summed E-state index contributed by atoms with van der Waals surface area (Å²) in [4.78, 5) is 2.46. The molecule has 1 saturated heterocycles. The number of piperazine rings is 1. The second kappa shape index (κ2) is 7.01. The summed E-state index contributed by atoms with van der Waals surface area (Å²) in [6, 6.07) is 6.50. The molecule has 1 fully saturated rings. The quantitative estimate of drug-likeness (QED) is 0.885. The van der Waals surface area contributed by atoms with Crippen molar-refractivity contribution in [2.75, 3.05) is 13.1 Å². The van der Waals surface area contributed by atoms with E-state index in [4.69, 9.17) is 0 Å². The predicted octanol–water partition coefficient (Wildman–Crippen LogP) is 4.11. The van der Waals surface area contributed by atoms with Crippen molar-refractivity contribution in [3.63, 3.8) is 0 Å². The molecule has 0 aliphatic carbocycles. The Morgan fingerprint density at radius 2 is 2.15 bits per heavy atom. The number of nitrogens with zero attached hydrogens (tertiary/aromatic N) is 1. The number of halogens is 2. The standard InChI is InChI=1S/C16H24BrFN2/c1-4-13-10-20(14(5-2)9-19-13)11(3)15-7-6-12(17)8-16(15)18/h6-8,11,13-14,19H,4-5,9-10H2,1-3H3. The molecule has 0 saturated carbocycles. The molecule has 1 aromatic carbocycles. The van der Waals surface area contributed by atoms with Crippen LogP contribution in [0, 0.1) is 5.82 Å². The second-order valence-corrected chi connectivity index (χ2v) is 6.53. The first-order valence-electron chi connectivity index (χ1n) is 7.50. The van der Waals surface area contributed by atoms with Gasteiger partial charge in [0.15, 0.2) is 0 Å². The van der Waals surface area contributed by atoms with Gasteiger partial charge in [0.25, 0.3) is 0 Å². The van der Waals surface area contributed by atoms with Gasteiger partial charge in [-0.25, -0.2) is 4.39 Å². The summed E-state index contributed by atoms with van der Waals surface area (Å²) in [5.74, 6) is -0.117. The summed E-state index contributed by atoms with van der Waals surface area (Å²) in [7, 11) is 0. The lowest BCUT2D eigenvalue weighted by atomic mass is 9.98. The minimum Gasteiger partial charge on any atom is -0.311 e. The maximum absolute atomic E-state index is 14.2. The van der Waals surface area contributed by atoms with Crippen LogP contribution in [0.15, 0.2) is 22.7 Å². The van der Waals surface area contributed by atoms with Crippen LogP contribution in [0.4, 0.5) is 4.39 Å². The summed E-state index contributed by atoms with van der Waals surface area (Å²) < 4.78 is 15.0. The van der Waals surface area contributed by atoms with Crippen molar-refractivity contribution in [2.24, 2.45) is 0 Å². The summed E-state index contributed by atoms with van der Waals surface area (Å²) in [5, 5.41) is 3.59. The van der Waals surface area contributed by atoms with Crippen LogP contribution in [-0.2, 0) is 0 Å². The van der Waals surface area contributed by atoms with Crippen LogP contribution in [0.5, 0.6) is 0 Å². The Morgan fingerprint density at radius 1 is 1.40 bits per heavy atom. The van der Waals surface area contributed by atoms with Gasteiger partial charge in [-0.3, -0.25) is 4.90 Å². The Morgan fingerprint density at radius 3 is 2.75 bits per heavy atom. The molecule has 0 aromatic heterocycles. The molecule has 1 heterocycles. The largest absolute Gasteiger partial charge is 0.311 e. The highest BCUT2D eigenvalue weighted by molar-refractivity contribution is 9.10. The maximum atomic E-state index is 14.2. The van der Waals surface area contributed by atoms with Gasteiger partial charge < -0.3 is 5.32 Å².